The number of ether oxygens (including phenoxy) is 1. The zero-order valence-corrected chi connectivity index (χ0v) is 17.1. The minimum atomic E-state index is 0.571. The smallest absolute Gasteiger partial charge is 0.132 e. The number of benzene rings is 1. The number of hydrogen-bond acceptors (Lipinski definition) is 5. The molecular weight excluding hydrogens is 336 g/mol. The van der Waals surface area contributed by atoms with E-state index in [1.54, 1.807) is 7.11 Å². The summed E-state index contributed by atoms with van der Waals surface area (Å²) in [5.41, 5.74) is 2.52. The van der Waals surface area contributed by atoms with E-state index in [0.29, 0.717) is 6.04 Å². The molecule has 27 heavy (non-hydrogen) atoms. The highest BCUT2D eigenvalue weighted by molar-refractivity contribution is 5.45. The molecule has 1 fully saturated rings. The number of likely N-dealkylation sites (tertiary alicyclic amines) is 1. The van der Waals surface area contributed by atoms with Gasteiger partial charge < -0.3 is 14.5 Å². The highest BCUT2D eigenvalue weighted by atomic mass is 16.5. The molecule has 0 aliphatic carbocycles. The summed E-state index contributed by atoms with van der Waals surface area (Å²) >= 11 is 0. The van der Waals surface area contributed by atoms with Gasteiger partial charge in [0.15, 0.2) is 0 Å². The molecule has 0 atom stereocenters. The van der Waals surface area contributed by atoms with Crippen molar-refractivity contribution in [2.75, 3.05) is 46.2 Å². The van der Waals surface area contributed by atoms with Gasteiger partial charge in [-0.05, 0) is 45.1 Å². The highest BCUT2D eigenvalue weighted by Crippen LogP contribution is 2.27. The molecule has 5 heteroatoms. The van der Waals surface area contributed by atoms with E-state index in [0.717, 1.165) is 37.7 Å². The number of aromatic nitrogens is 1. The number of pyridine rings is 1. The van der Waals surface area contributed by atoms with Gasteiger partial charge in [-0.3, -0.25) is 4.90 Å². The number of piperidine rings is 1. The van der Waals surface area contributed by atoms with Crippen molar-refractivity contribution in [3.05, 3.63) is 53.7 Å². The van der Waals surface area contributed by atoms with Crippen molar-refractivity contribution < 1.29 is 4.74 Å². The fourth-order valence-corrected chi connectivity index (χ4v) is 3.90. The predicted molar refractivity (Wildman–Crippen MR) is 111 cm³/mol. The predicted octanol–water partition coefficient (Wildman–Crippen LogP) is 3.25. The van der Waals surface area contributed by atoms with Crippen molar-refractivity contribution >= 4 is 5.82 Å². The Balaban J connectivity index is 1.86. The fraction of sp³-hybridized carbons (Fsp3) is 0.500. The van der Waals surface area contributed by atoms with Crippen LogP contribution in [0.3, 0.4) is 0 Å². The van der Waals surface area contributed by atoms with Gasteiger partial charge in [0.2, 0.25) is 0 Å². The Kier molecular flexibility index (Phi) is 6.69. The first-order valence-corrected chi connectivity index (χ1v) is 9.74. The standard InChI is InChI=1S/C22H32N4O/c1-24(2)22-19(9-7-13-23-22)17-26(20-11-14-25(3)15-12-20)16-18-8-5-6-10-21(18)27-4/h5-10,13,20H,11-12,14-17H2,1-4H3. The van der Waals surface area contributed by atoms with Crippen LogP contribution in [0, 0.1) is 0 Å². The molecule has 1 aliphatic heterocycles. The minimum absolute atomic E-state index is 0.571. The summed E-state index contributed by atoms with van der Waals surface area (Å²) in [5, 5.41) is 0. The van der Waals surface area contributed by atoms with Crippen molar-refractivity contribution in [1.82, 2.24) is 14.8 Å². The first-order chi connectivity index (χ1) is 13.1. The molecule has 0 amide bonds. The first-order valence-electron chi connectivity index (χ1n) is 9.74. The van der Waals surface area contributed by atoms with Gasteiger partial charge in [0, 0.05) is 50.6 Å². The van der Waals surface area contributed by atoms with E-state index in [2.05, 4.69) is 65.1 Å². The Hall–Kier alpha value is -2.11. The maximum absolute atomic E-state index is 5.61. The monoisotopic (exact) mass is 368 g/mol. The second-order valence-corrected chi connectivity index (χ2v) is 7.63. The molecule has 0 radical (unpaired) electrons. The molecule has 1 aromatic heterocycles. The summed E-state index contributed by atoms with van der Waals surface area (Å²) < 4.78 is 5.61. The molecule has 1 aromatic carbocycles. The molecule has 0 saturated carbocycles. The van der Waals surface area contributed by atoms with E-state index in [1.807, 2.05) is 18.3 Å². The van der Waals surface area contributed by atoms with Gasteiger partial charge in [0.1, 0.15) is 11.6 Å². The topological polar surface area (TPSA) is 31.8 Å². The molecule has 2 aromatic rings. The van der Waals surface area contributed by atoms with Crippen molar-refractivity contribution in [3.8, 4) is 5.75 Å². The summed E-state index contributed by atoms with van der Waals surface area (Å²) in [6.45, 7) is 4.09. The molecule has 146 valence electrons. The van der Waals surface area contributed by atoms with E-state index in [9.17, 15) is 0 Å². The van der Waals surface area contributed by atoms with Crippen LogP contribution in [0.5, 0.6) is 5.75 Å². The fourth-order valence-electron chi connectivity index (χ4n) is 3.90. The summed E-state index contributed by atoms with van der Waals surface area (Å²) in [5.74, 6) is 2.02. The third-order valence-corrected chi connectivity index (χ3v) is 5.43. The Morgan fingerprint density at radius 1 is 1.04 bits per heavy atom. The number of rotatable bonds is 7. The molecule has 1 aliphatic rings. The Bertz CT molecular complexity index is 726. The van der Waals surface area contributed by atoms with Crippen LogP contribution >= 0.6 is 0 Å². The third kappa shape index (κ3) is 4.99. The molecule has 2 heterocycles. The number of nitrogens with zero attached hydrogens (tertiary/aromatic N) is 4. The third-order valence-electron chi connectivity index (χ3n) is 5.43. The lowest BCUT2D eigenvalue weighted by molar-refractivity contribution is 0.107. The van der Waals surface area contributed by atoms with Crippen molar-refractivity contribution in [1.29, 1.82) is 0 Å². The average Bonchev–Trinajstić information content (AvgIpc) is 2.68. The molecule has 0 spiro atoms. The van der Waals surface area contributed by atoms with Gasteiger partial charge in [-0.15, -0.1) is 0 Å². The molecular formula is C22H32N4O. The van der Waals surface area contributed by atoms with Gasteiger partial charge >= 0.3 is 0 Å². The van der Waals surface area contributed by atoms with Crippen LogP contribution in [0.4, 0.5) is 5.82 Å². The van der Waals surface area contributed by atoms with E-state index in [1.165, 1.54) is 24.0 Å². The van der Waals surface area contributed by atoms with E-state index in [-0.39, 0.29) is 0 Å². The summed E-state index contributed by atoms with van der Waals surface area (Å²) in [7, 11) is 8.09. The molecule has 0 bridgehead atoms. The quantitative estimate of drug-likeness (QED) is 0.749. The number of para-hydroxylation sites is 1. The summed E-state index contributed by atoms with van der Waals surface area (Å²) in [4.78, 5) is 11.7. The number of methoxy groups -OCH3 is 1. The van der Waals surface area contributed by atoms with Crippen LogP contribution in [0.25, 0.3) is 0 Å². The SMILES string of the molecule is COc1ccccc1CN(Cc1cccnc1N(C)C)C1CCN(C)CC1. The Morgan fingerprint density at radius 2 is 1.70 bits per heavy atom. The largest absolute Gasteiger partial charge is 0.496 e. The minimum Gasteiger partial charge on any atom is -0.496 e. The van der Waals surface area contributed by atoms with Crippen LogP contribution < -0.4 is 9.64 Å². The second kappa shape index (κ2) is 9.20. The molecule has 5 nitrogen and oxygen atoms in total. The zero-order chi connectivity index (χ0) is 19.2. The average molecular weight is 369 g/mol. The zero-order valence-electron chi connectivity index (χ0n) is 17.1. The second-order valence-electron chi connectivity index (χ2n) is 7.63. The molecule has 1 saturated heterocycles. The van der Waals surface area contributed by atoms with E-state index in [4.69, 9.17) is 4.74 Å². The van der Waals surface area contributed by atoms with Crippen molar-refractivity contribution in [2.24, 2.45) is 0 Å². The number of hydrogen-bond donors (Lipinski definition) is 0. The van der Waals surface area contributed by atoms with E-state index < -0.39 is 0 Å². The van der Waals surface area contributed by atoms with Crippen LogP contribution in [0.15, 0.2) is 42.6 Å². The van der Waals surface area contributed by atoms with Crippen LogP contribution in [0.2, 0.25) is 0 Å². The van der Waals surface area contributed by atoms with Crippen molar-refractivity contribution in [3.63, 3.8) is 0 Å². The van der Waals surface area contributed by atoms with Crippen molar-refractivity contribution in [2.45, 2.75) is 32.0 Å². The van der Waals surface area contributed by atoms with Gasteiger partial charge in [0.05, 0.1) is 7.11 Å². The summed E-state index contributed by atoms with van der Waals surface area (Å²) in [6.07, 6.45) is 4.27. The lowest BCUT2D eigenvalue weighted by atomic mass is 10.0. The van der Waals surface area contributed by atoms with Gasteiger partial charge in [-0.1, -0.05) is 24.3 Å². The Labute approximate surface area is 163 Å². The maximum atomic E-state index is 5.61. The van der Waals surface area contributed by atoms with Crippen LogP contribution in [-0.4, -0.2) is 62.2 Å². The van der Waals surface area contributed by atoms with Crippen LogP contribution in [-0.2, 0) is 13.1 Å². The lowest BCUT2D eigenvalue weighted by Gasteiger charge is -2.38. The van der Waals surface area contributed by atoms with Gasteiger partial charge in [-0.25, -0.2) is 4.98 Å². The van der Waals surface area contributed by atoms with E-state index >= 15 is 0 Å². The molecule has 0 N–H and O–H groups in total. The lowest BCUT2D eigenvalue weighted by Crippen LogP contribution is -2.43. The Morgan fingerprint density at radius 3 is 2.41 bits per heavy atom. The maximum Gasteiger partial charge on any atom is 0.132 e. The first kappa shape index (κ1) is 19.6. The van der Waals surface area contributed by atoms with Crippen LogP contribution in [0.1, 0.15) is 24.0 Å². The molecule has 0 unspecified atom stereocenters. The normalized spacial score (nSPS) is 15.9. The molecule has 3 rings (SSSR count). The van der Waals surface area contributed by atoms with Gasteiger partial charge in [-0.2, -0.15) is 0 Å². The van der Waals surface area contributed by atoms with Gasteiger partial charge in [0.25, 0.3) is 0 Å². The highest BCUT2D eigenvalue weighted by Gasteiger charge is 2.25. The number of anilines is 1. The summed E-state index contributed by atoms with van der Waals surface area (Å²) in [6, 6.07) is 13.2.